The van der Waals surface area contributed by atoms with Gasteiger partial charge < -0.3 is 10.6 Å². The molecule has 0 unspecified atom stereocenters. The molecule has 1 aromatic rings. The molecule has 1 aliphatic carbocycles. The average Bonchev–Trinajstić information content (AvgIpc) is 3.15. The summed E-state index contributed by atoms with van der Waals surface area (Å²) < 4.78 is 28.5. The van der Waals surface area contributed by atoms with Gasteiger partial charge in [-0.05, 0) is 37.3 Å². The highest BCUT2D eigenvalue weighted by Gasteiger charge is 2.32. The van der Waals surface area contributed by atoms with E-state index in [9.17, 15) is 8.78 Å². The average molecular weight is 298 g/mol. The Hall–Kier alpha value is -1.23. The van der Waals surface area contributed by atoms with Crippen LogP contribution in [0.1, 0.15) is 38.7 Å². The predicted molar refractivity (Wildman–Crippen MR) is 82.1 cm³/mol. The van der Waals surface area contributed by atoms with Crippen molar-refractivity contribution in [2.75, 3.05) is 11.4 Å². The number of halogens is 2. The Kier molecular flexibility index (Phi) is 4.58. The van der Waals surface area contributed by atoms with Crippen molar-refractivity contribution in [3.8, 4) is 0 Å². The summed E-state index contributed by atoms with van der Waals surface area (Å²) >= 11 is 4.77. The van der Waals surface area contributed by atoms with Gasteiger partial charge >= 0.3 is 0 Å². The second-order valence-electron chi connectivity index (χ2n) is 5.76. The van der Waals surface area contributed by atoms with Crippen molar-refractivity contribution >= 4 is 22.9 Å². The van der Waals surface area contributed by atoms with Gasteiger partial charge in [0.2, 0.25) is 0 Å². The van der Waals surface area contributed by atoms with Crippen molar-refractivity contribution in [1.29, 1.82) is 0 Å². The fraction of sp³-hybridized carbons (Fsp3) is 0.533. The molecular formula is C15H20F2N2S. The van der Waals surface area contributed by atoms with Gasteiger partial charge in [0.25, 0.3) is 0 Å². The van der Waals surface area contributed by atoms with E-state index in [0.29, 0.717) is 12.5 Å². The third-order valence-corrected chi connectivity index (χ3v) is 3.76. The van der Waals surface area contributed by atoms with E-state index in [4.69, 9.17) is 18.0 Å². The maximum atomic E-state index is 14.2. The first-order valence-corrected chi connectivity index (χ1v) is 7.36. The summed E-state index contributed by atoms with van der Waals surface area (Å²) in [4.78, 5) is 1.86. The van der Waals surface area contributed by atoms with Crippen LogP contribution in [0.25, 0.3) is 0 Å². The minimum atomic E-state index is -0.580. The highest BCUT2D eigenvalue weighted by atomic mass is 32.1. The van der Waals surface area contributed by atoms with Crippen molar-refractivity contribution in [3.63, 3.8) is 0 Å². The fourth-order valence-corrected chi connectivity index (χ4v) is 2.36. The Morgan fingerprint density at radius 1 is 1.35 bits per heavy atom. The SMILES string of the molecule is CC(C)CCN(c1c(F)cc(C(N)=S)cc1F)C1CC1. The molecule has 0 heterocycles. The Morgan fingerprint density at radius 2 is 1.90 bits per heavy atom. The molecule has 1 saturated carbocycles. The number of hydrogen-bond donors (Lipinski definition) is 1. The van der Waals surface area contributed by atoms with Gasteiger partial charge in [-0.3, -0.25) is 0 Å². The summed E-state index contributed by atoms with van der Waals surface area (Å²) in [7, 11) is 0. The van der Waals surface area contributed by atoms with Gasteiger partial charge in [-0.2, -0.15) is 0 Å². The topological polar surface area (TPSA) is 29.3 Å². The summed E-state index contributed by atoms with van der Waals surface area (Å²) in [5, 5.41) is 0. The van der Waals surface area contributed by atoms with Gasteiger partial charge in [0.05, 0.1) is 0 Å². The molecule has 0 aromatic heterocycles. The van der Waals surface area contributed by atoms with Gasteiger partial charge in [-0.1, -0.05) is 26.1 Å². The smallest absolute Gasteiger partial charge is 0.150 e. The van der Waals surface area contributed by atoms with E-state index in [2.05, 4.69) is 13.8 Å². The van der Waals surface area contributed by atoms with Crippen molar-refractivity contribution < 1.29 is 8.78 Å². The first kappa shape index (κ1) is 15.2. The molecule has 5 heteroatoms. The predicted octanol–water partition coefficient (Wildman–Crippen LogP) is 3.61. The van der Waals surface area contributed by atoms with Crippen molar-refractivity contribution in [3.05, 3.63) is 29.3 Å². The molecule has 2 N–H and O–H groups in total. The van der Waals surface area contributed by atoms with E-state index in [-0.39, 0.29) is 22.3 Å². The molecular weight excluding hydrogens is 278 g/mol. The lowest BCUT2D eigenvalue weighted by atomic mass is 10.1. The normalized spacial score (nSPS) is 14.7. The van der Waals surface area contributed by atoms with E-state index in [1.807, 2.05) is 4.90 Å². The van der Waals surface area contributed by atoms with E-state index < -0.39 is 11.6 Å². The molecule has 0 aliphatic heterocycles. The number of nitrogens with two attached hydrogens (primary N) is 1. The van der Waals surface area contributed by atoms with E-state index in [1.165, 1.54) is 12.1 Å². The van der Waals surface area contributed by atoms with E-state index in [0.717, 1.165) is 19.3 Å². The van der Waals surface area contributed by atoms with Crippen LogP contribution < -0.4 is 10.6 Å². The van der Waals surface area contributed by atoms with Crippen LogP contribution in [0.2, 0.25) is 0 Å². The van der Waals surface area contributed by atoms with Crippen LogP contribution in [-0.4, -0.2) is 17.6 Å². The van der Waals surface area contributed by atoms with Gasteiger partial charge in [0.15, 0.2) is 0 Å². The van der Waals surface area contributed by atoms with Crippen LogP contribution >= 0.6 is 12.2 Å². The molecule has 0 spiro atoms. The molecule has 20 heavy (non-hydrogen) atoms. The molecule has 2 rings (SSSR count). The van der Waals surface area contributed by atoms with Crippen LogP contribution in [0.5, 0.6) is 0 Å². The number of nitrogens with zero attached hydrogens (tertiary/aromatic N) is 1. The molecule has 0 atom stereocenters. The second kappa shape index (κ2) is 6.04. The van der Waals surface area contributed by atoms with Gasteiger partial charge in [0.1, 0.15) is 22.3 Å². The summed E-state index contributed by atoms with van der Waals surface area (Å²) in [5.41, 5.74) is 5.73. The Morgan fingerprint density at radius 3 is 2.30 bits per heavy atom. The highest BCUT2D eigenvalue weighted by molar-refractivity contribution is 7.80. The van der Waals surface area contributed by atoms with E-state index >= 15 is 0 Å². The maximum absolute atomic E-state index is 14.2. The monoisotopic (exact) mass is 298 g/mol. The summed E-state index contributed by atoms with van der Waals surface area (Å²) in [6.07, 6.45) is 2.90. The van der Waals surface area contributed by atoms with Crippen LogP contribution in [-0.2, 0) is 0 Å². The van der Waals surface area contributed by atoms with Gasteiger partial charge in [0, 0.05) is 18.2 Å². The van der Waals surface area contributed by atoms with Crippen LogP contribution in [0.15, 0.2) is 12.1 Å². The van der Waals surface area contributed by atoms with Crippen LogP contribution in [0, 0.1) is 17.6 Å². The van der Waals surface area contributed by atoms with Crippen LogP contribution in [0.4, 0.5) is 14.5 Å². The lowest BCUT2D eigenvalue weighted by Crippen LogP contribution is -2.30. The first-order chi connectivity index (χ1) is 9.40. The highest BCUT2D eigenvalue weighted by Crippen LogP contribution is 2.35. The Bertz CT molecular complexity index is 490. The number of thiocarbonyl (C=S) groups is 1. The minimum absolute atomic E-state index is 0.00880. The number of rotatable bonds is 6. The summed E-state index contributed by atoms with van der Waals surface area (Å²) in [6.45, 7) is 4.88. The lowest BCUT2D eigenvalue weighted by molar-refractivity contribution is 0.538. The zero-order valence-electron chi connectivity index (χ0n) is 11.8. The quantitative estimate of drug-likeness (QED) is 0.813. The molecule has 1 aliphatic rings. The zero-order chi connectivity index (χ0) is 14.9. The molecule has 1 aromatic carbocycles. The lowest BCUT2D eigenvalue weighted by Gasteiger charge is -2.26. The summed E-state index contributed by atoms with van der Waals surface area (Å²) in [5.74, 6) is -0.662. The number of hydrogen-bond acceptors (Lipinski definition) is 2. The molecule has 0 bridgehead atoms. The summed E-state index contributed by atoms with van der Waals surface area (Å²) in [6, 6.07) is 2.71. The van der Waals surface area contributed by atoms with Crippen molar-refractivity contribution in [2.45, 2.75) is 39.2 Å². The second-order valence-corrected chi connectivity index (χ2v) is 6.20. The van der Waals surface area contributed by atoms with E-state index in [1.54, 1.807) is 0 Å². The maximum Gasteiger partial charge on any atom is 0.150 e. The Labute approximate surface area is 123 Å². The van der Waals surface area contributed by atoms with Gasteiger partial charge in [-0.15, -0.1) is 0 Å². The van der Waals surface area contributed by atoms with Gasteiger partial charge in [-0.25, -0.2) is 8.78 Å². The minimum Gasteiger partial charge on any atom is -0.389 e. The molecule has 110 valence electrons. The molecule has 0 radical (unpaired) electrons. The molecule has 0 amide bonds. The number of anilines is 1. The standard InChI is InChI=1S/C15H20F2N2S/c1-9(2)5-6-19(11-3-4-11)14-12(16)7-10(15(18)20)8-13(14)17/h7-9,11H,3-6H2,1-2H3,(H2,18,20). The molecule has 2 nitrogen and oxygen atoms in total. The van der Waals surface area contributed by atoms with Crippen molar-refractivity contribution in [2.24, 2.45) is 11.7 Å². The van der Waals surface area contributed by atoms with Crippen molar-refractivity contribution in [1.82, 2.24) is 0 Å². The Balaban J connectivity index is 2.30. The van der Waals surface area contributed by atoms with Crippen LogP contribution in [0.3, 0.4) is 0 Å². The number of benzene rings is 1. The fourth-order valence-electron chi connectivity index (χ4n) is 2.24. The third kappa shape index (κ3) is 3.45. The first-order valence-electron chi connectivity index (χ1n) is 6.95. The molecule has 1 fully saturated rings. The molecule has 0 saturated heterocycles. The zero-order valence-corrected chi connectivity index (χ0v) is 12.6. The third-order valence-electron chi connectivity index (χ3n) is 3.52. The largest absolute Gasteiger partial charge is 0.389 e.